The highest BCUT2D eigenvalue weighted by molar-refractivity contribution is 5.25. The molecule has 0 spiro atoms. The van der Waals surface area contributed by atoms with Crippen LogP contribution in [-0.2, 0) is 6.42 Å². The highest BCUT2D eigenvalue weighted by Gasteiger charge is 2.27. The molecule has 82 valence electrons. The van der Waals surface area contributed by atoms with Gasteiger partial charge in [0.25, 0.3) is 0 Å². The van der Waals surface area contributed by atoms with Gasteiger partial charge in [-0.1, -0.05) is 12.1 Å². The molecule has 1 aromatic rings. The van der Waals surface area contributed by atoms with Gasteiger partial charge in [-0.25, -0.2) is 4.39 Å². The molecule has 0 bridgehead atoms. The maximum absolute atomic E-state index is 13.4. The molecule has 1 heterocycles. The van der Waals surface area contributed by atoms with Crippen LogP contribution in [0, 0.1) is 12.7 Å². The molecule has 1 N–H and O–H groups in total. The summed E-state index contributed by atoms with van der Waals surface area (Å²) < 4.78 is 13.4. The Bertz CT molecular complexity index is 354. The average molecular weight is 207 g/mol. The van der Waals surface area contributed by atoms with Gasteiger partial charge in [-0.3, -0.25) is 0 Å². The summed E-state index contributed by atoms with van der Waals surface area (Å²) in [6, 6.07) is 5.56. The Labute approximate surface area is 90.7 Å². The molecule has 1 saturated heterocycles. The maximum atomic E-state index is 13.4. The lowest BCUT2D eigenvalue weighted by atomic mass is 9.91. The Kier molecular flexibility index (Phi) is 2.79. The molecule has 0 saturated carbocycles. The van der Waals surface area contributed by atoms with Gasteiger partial charge in [-0.05, 0) is 56.8 Å². The van der Waals surface area contributed by atoms with Crippen molar-refractivity contribution in [3.63, 3.8) is 0 Å². The van der Waals surface area contributed by atoms with E-state index in [-0.39, 0.29) is 11.4 Å². The summed E-state index contributed by atoms with van der Waals surface area (Å²) in [4.78, 5) is 0. The van der Waals surface area contributed by atoms with E-state index < -0.39 is 0 Å². The molecule has 1 aliphatic heterocycles. The summed E-state index contributed by atoms with van der Waals surface area (Å²) in [5.74, 6) is -0.0888. The molecule has 1 atom stereocenters. The van der Waals surface area contributed by atoms with Gasteiger partial charge in [-0.2, -0.15) is 0 Å². The smallest absolute Gasteiger partial charge is 0.126 e. The van der Waals surface area contributed by atoms with Gasteiger partial charge in [0.1, 0.15) is 5.82 Å². The molecule has 0 aliphatic carbocycles. The van der Waals surface area contributed by atoms with Gasteiger partial charge < -0.3 is 5.32 Å². The van der Waals surface area contributed by atoms with Crippen molar-refractivity contribution < 1.29 is 4.39 Å². The molecule has 1 unspecified atom stereocenters. The number of benzene rings is 1. The largest absolute Gasteiger partial charge is 0.311 e. The molecule has 0 radical (unpaired) electrons. The van der Waals surface area contributed by atoms with Crippen molar-refractivity contribution in [1.29, 1.82) is 0 Å². The monoisotopic (exact) mass is 207 g/mol. The van der Waals surface area contributed by atoms with E-state index in [1.54, 1.807) is 13.0 Å². The van der Waals surface area contributed by atoms with Crippen molar-refractivity contribution in [2.75, 3.05) is 6.54 Å². The second-order valence-corrected chi connectivity index (χ2v) is 4.85. The van der Waals surface area contributed by atoms with E-state index in [2.05, 4.69) is 12.2 Å². The summed E-state index contributed by atoms with van der Waals surface area (Å²) in [7, 11) is 0. The third-order valence-corrected chi connectivity index (χ3v) is 3.29. The first-order valence-electron chi connectivity index (χ1n) is 5.59. The first kappa shape index (κ1) is 10.6. The second-order valence-electron chi connectivity index (χ2n) is 4.85. The first-order chi connectivity index (χ1) is 7.09. The quantitative estimate of drug-likeness (QED) is 0.786. The summed E-state index contributed by atoms with van der Waals surface area (Å²) >= 11 is 0. The van der Waals surface area contributed by atoms with Gasteiger partial charge in [0.15, 0.2) is 0 Å². The summed E-state index contributed by atoms with van der Waals surface area (Å²) in [6.45, 7) is 5.11. The van der Waals surface area contributed by atoms with Crippen molar-refractivity contribution in [3.05, 3.63) is 35.1 Å². The summed E-state index contributed by atoms with van der Waals surface area (Å²) in [5, 5.41) is 3.49. The lowest BCUT2D eigenvalue weighted by Crippen LogP contribution is -2.38. The van der Waals surface area contributed by atoms with Crippen molar-refractivity contribution >= 4 is 0 Å². The van der Waals surface area contributed by atoms with Crippen LogP contribution < -0.4 is 5.32 Å². The van der Waals surface area contributed by atoms with E-state index in [0.29, 0.717) is 0 Å². The maximum Gasteiger partial charge on any atom is 0.126 e. The van der Waals surface area contributed by atoms with Gasteiger partial charge >= 0.3 is 0 Å². The van der Waals surface area contributed by atoms with Crippen molar-refractivity contribution in [3.8, 4) is 0 Å². The Balaban J connectivity index is 2.13. The highest BCUT2D eigenvalue weighted by Crippen LogP contribution is 2.24. The number of hydrogen-bond acceptors (Lipinski definition) is 1. The SMILES string of the molecule is Cc1ccc(CC2(C)CCCN2)cc1F. The van der Waals surface area contributed by atoms with Crippen LogP contribution in [0.2, 0.25) is 0 Å². The van der Waals surface area contributed by atoms with Crippen LogP contribution in [0.3, 0.4) is 0 Å². The van der Waals surface area contributed by atoms with Crippen LogP contribution in [0.5, 0.6) is 0 Å². The topological polar surface area (TPSA) is 12.0 Å². The summed E-state index contributed by atoms with van der Waals surface area (Å²) in [5.41, 5.74) is 1.99. The molecule has 1 fully saturated rings. The van der Waals surface area contributed by atoms with Crippen LogP contribution >= 0.6 is 0 Å². The Morgan fingerprint density at radius 2 is 2.27 bits per heavy atom. The fourth-order valence-corrected chi connectivity index (χ4v) is 2.30. The molecule has 0 aromatic heterocycles. The molecule has 0 amide bonds. The predicted molar refractivity (Wildman–Crippen MR) is 60.5 cm³/mol. The van der Waals surface area contributed by atoms with Crippen LogP contribution in [0.15, 0.2) is 18.2 Å². The van der Waals surface area contributed by atoms with Crippen LogP contribution in [0.4, 0.5) is 4.39 Å². The van der Waals surface area contributed by atoms with Crippen LogP contribution in [0.25, 0.3) is 0 Å². The fraction of sp³-hybridized carbons (Fsp3) is 0.538. The summed E-state index contributed by atoms with van der Waals surface area (Å²) in [6.07, 6.45) is 3.33. The van der Waals surface area contributed by atoms with Crippen LogP contribution in [0.1, 0.15) is 30.9 Å². The van der Waals surface area contributed by atoms with Crippen molar-refractivity contribution in [1.82, 2.24) is 5.32 Å². The van der Waals surface area contributed by atoms with E-state index >= 15 is 0 Å². The minimum atomic E-state index is -0.0888. The Morgan fingerprint density at radius 3 is 2.87 bits per heavy atom. The first-order valence-corrected chi connectivity index (χ1v) is 5.59. The zero-order valence-electron chi connectivity index (χ0n) is 9.44. The van der Waals surface area contributed by atoms with Gasteiger partial charge in [0, 0.05) is 5.54 Å². The number of hydrogen-bond donors (Lipinski definition) is 1. The van der Waals surface area contributed by atoms with Crippen molar-refractivity contribution in [2.45, 2.75) is 38.6 Å². The number of aryl methyl sites for hydroxylation is 1. The molecular formula is C13H18FN. The zero-order valence-corrected chi connectivity index (χ0v) is 9.44. The fourth-order valence-electron chi connectivity index (χ4n) is 2.30. The number of rotatable bonds is 2. The van der Waals surface area contributed by atoms with E-state index in [1.165, 1.54) is 12.8 Å². The number of nitrogens with one attached hydrogen (secondary N) is 1. The van der Waals surface area contributed by atoms with E-state index in [4.69, 9.17) is 0 Å². The third-order valence-electron chi connectivity index (χ3n) is 3.29. The lowest BCUT2D eigenvalue weighted by Gasteiger charge is -2.24. The Morgan fingerprint density at radius 1 is 1.47 bits per heavy atom. The third kappa shape index (κ3) is 2.37. The molecule has 2 heteroatoms. The van der Waals surface area contributed by atoms with E-state index in [1.807, 2.05) is 12.1 Å². The molecular weight excluding hydrogens is 189 g/mol. The normalized spacial score (nSPS) is 25.8. The minimum Gasteiger partial charge on any atom is -0.311 e. The molecule has 2 rings (SSSR count). The van der Waals surface area contributed by atoms with Crippen LogP contribution in [-0.4, -0.2) is 12.1 Å². The lowest BCUT2D eigenvalue weighted by molar-refractivity contribution is 0.412. The van der Waals surface area contributed by atoms with Gasteiger partial charge in [-0.15, -0.1) is 0 Å². The zero-order chi connectivity index (χ0) is 10.9. The molecule has 15 heavy (non-hydrogen) atoms. The second kappa shape index (κ2) is 3.93. The van der Waals surface area contributed by atoms with Gasteiger partial charge in [0.2, 0.25) is 0 Å². The average Bonchev–Trinajstić information content (AvgIpc) is 2.59. The van der Waals surface area contributed by atoms with E-state index in [0.717, 1.165) is 24.1 Å². The minimum absolute atomic E-state index is 0.0888. The standard InChI is InChI=1S/C13H18FN/c1-10-4-5-11(8-12(10)14)9-13(2)6-3-7-15-13/h4-5,8,15H,3,6-7,9H2,1-2H3. The molecule has 1 aromatic carbocycles. The van der Waals surface area contributed by atoms with Gasteiger partial charge in [0.05, 0.1) is 0 Å². The molecule has 1 aliphatic rings. The van der Waals surface area contributed by atoms with E-state index in [9.17, 15) is 4.39 Å². The molecule has 1 nitrogen and oxygen atoms in total. The number of halogens is 1. The highest BCUT2D eigenvalue weighted by atomic mass is 19.1. The Hall–Kier alpha value is -0.890. The van der Waals surface area contributed by atoms with Crippen molar-refractivity contribution in [2.24, 2.45) is 0 Å². The predicted octanol–water partition coefficient (Wildman–Crippen LogP) is 2.82.